The molecule has 0 radical (unpaired) electrons. The average molecular weight is 353 g/mol. The Balaban J connectivity index is 1.72. The number of carbonyl (C=O) groups is 1. The number of ether oxygens (including phenoxy) is 1. The number of rotatable bonds is 4. The second kappa shape index (κ2) is 6.70. The van der Waals surface area contributed by atoms with Gasteiger partial charge in [0.25, 0.3) is 5.91 Å². The number of carbonyl (C=O) groups excluding carboxylic acids is 1. The smallest absolute Gasteiger partial charge is 0.269 e. The normalized spacial score (nSPS) is 20.2. The number of aromatic nitrogens is 4. The van der Waals surface area contributed by atoms with Gasteiger partial charge in [-0.2, -0.15) is 0 Å². The fraction of sp³-hybridized carbons (Fsp3) is 0.294. The monoisotopic (exact) mass is 353 g/mol. The van der Waals surface area contributed by atoms with E-state index in [9.17, 15) is 4.79 Å². The molecule has 4 rings (SSSR count). The van der Waals surface area contributed by atoms with Crippen molar-refractivity contribution in [3.8, 4) is 11.4 Å². The predicted octanol–water partition coefficient (Wildman–Crippen LogP) is 0.647. The molecule has 6 N–H and O–H groups in total. The zero-order valence-corrected chi connectivity index (χ0v) is 14.0. The third kappa shape index (κ3) is 3.09. The number of anilines is 1. The lowest BCUT2D eigenvalue weighted by molar-refractivity contribution is 0.0752. The predicted molar refractivity (Wildman–Crippen MR) is 96.5 cm³/mol. The van der Waals surface area contributed by atoms with Gasteiger partial charge < -0.3 is 26.5 Å². The molecular weight excluding hydrogens is 334 g/mol. The van der Waals surface area contributed by atoms with Crippen LogP contribution in [-0.2, 0) is 4.74 Å². The molecule has 9 nitrogen and oxygen atoms in total. The van der Waals surface area contributed by atoms with Crippen LogP contribution in [0.1, 0.15) is 16.9 Å². The molecule has 26 heavy (non-hydrogen) atoms. The van der Waals surface area contributed by atoms with Crippen molar-refractivity contribution in [3.63, 3.8) is 0 Å². The minimum Gasteiger partial charge on any atom is -0.380 e. The van der Waals surface area contributed by atoms with Crippen molar-refractivity contribution in [2.45, 2.75) is 18.5 Å². The first-order valence-electron chi connectivity index (χ1n) is 8.32. The Bertz CT molecular complexity index is 922. The van der Waals surface area contributed by atoms with Crippen molar-refractivity contribution >= 4 is 22.8 Å². The largest absolute Gasteiger partial charge is 0.380 e. The molecule has 0 aromatic carbocycles. The van der Waals surface area contributed by atoms with E-state index in [2.05, 4.69) is 25.3 Å². The zero-order chi connectivity index (χ0) is 18.1. The van der Waals surface area contributed by atoms with E-state index in [0.717, 1.165) is 17.5 Å². The molecule has 1 aliphatic rings. The van der Waals surface area contributed by atoms with Crippen LogP contribution in [0.4, 0.5) is 5.82 Å². The molecule has 3 aromatic rings. The zero-order valence-electron chi connectivity index (χ0n) is 14.0. The topological polar surface area (TPSA) is 145 Å². The van der Waals surface area contributed by atoms with Crippen LogP contribution in [0.3, 0.4) is 0 Å². The first-order chi connectivity index (χ1) is 12.6. The van der Waals surface area contributed by atoms with E-state index in [1.807, 2.05) is 18.2 Å². The lowest BCUT2D eigenvalue weighted by Gasteiger charge is -2.29. The lowest BCUT2D eigenvalue weighted by Crippen LogP contribution is -2.47. The lowest BCUT2D eigenvalue weighted by atomic mass is 10.0. The number of nitrogens with two attached hydrogens (primary N) is 2. The van der Waals surface area contributed by atoms with Crippen LogP contribution in [0.5, 0.6) is 0 Å². The SMILES string of the molecule is NC(=O)c1ncc(N[C@@H]2CCOC[C@@H]2N)nc1-c1cc2ncccc2[nH]1. The number of pyridine rings is 1. The molecule has 0 spiro atoms. The second-order valence-corrected chi connectivity index (χ2v) is 6.21. The van der Waals surface area contributed by atoms with Crippen LogP contribution in [-0.4, -0.2) is 51.1 Å². The number of hydrogen-bond acceptors (Lipinski definition) is 7. The molecule has 0 saturated carbocycles. The minimum atomic E-state index is -0.645. The van der Waals surface area contributed by atoms with Crippen LogP contribution in [0.2, 0.25) is 0 Å². The molecule has 1 aliphatic heterocycles. The minimum absolute atomic E-state index is 0.0229. The molecule has 2 atom stereocenters. The number of nitrogens with zero attached hydrogens (tertiary/aromatic N) is 3. The number of H-pyrrole nitrogens is 1. The van der Waals surface area contributed by atoms with Crippen LogP contribution in [0, 0.1) is 0 Å². The third-order valence-corrected chi connectivity index (χ3v) is 4.38. The second-order valence-electron chi connectivity index (χ2n) is 6.21. The summed E-state index contributed by atoms with van der Waals surface area (Å²) in [5, 5.41) is 3.28. The van der Waals surface area contributed by atoms with Crippen molar-refractivity contribution in [2.75, 3.05) is 18.5 Å². The highest BCUT2D eigenvalue weighted by Crippen LogP contribution is 2.25. The van der Waals surface area contributed by atoms with Crippen molar-refractivity contribution in [2.24, 2.45) is 11.5 Å². The molecule has 1 saturated heterocycles. The maximum absolute atomic E-state index is 11.8. The van der Waals surface area contributed by atoms with Gasteiger partial charge in [-0.3, -0.25) is 9.78 Å². The Morgan fingerprint density at radius 1 is 1.38 bits per heavy atom. The Hall–Kier alpha value is -3.04. The summed E-state index contributed by atoms with van der Waals surface area (Å²) in [5.41, 5.74) is 14.3. The van der Waals surface area contributed by atoms with Crippen LogP contribution in [0.15, 0.2) is 30.6 Å². The van der Waals surface area contributed by atoms with Gasteiger partial charge in [0.05, 0.1) is 29.5 Å². The standard InChI is InChI=1S/C17H19N7O2/c18-9-8-26-5-3-10(9)23-14-7-21-16(17(19)25)15(24-14)13-6-12-11(22-13)2-1-4-20-12/h1-2,4,6-7,9-10,22H,3,5,8,18H2,(H2,19,25)(H,23,24)/t9-,10+/m0/s1. The number of amides is 1. The molecule has 0 unspecified atom stereocenters. The molecule has 134 valence electrons. The fourth-order valence-electron chi connectivity index (χ4n) is 3.04. The Kier molecular flexibility index (Phi) is 4.23. The highest BCUT2D eigenvalue weighted by Gasteiger charge is 2.24. The fourth-order valence-corrected chi connectivity index (χ4v) is 3.04. The Morgan fingerprint density at radius 2 is 2.27 bits per heavy atom. The van der Waals surface area contributed by atoms with E-state index in [1.54, 1.807) is 6.20 Å². The van der Waals surface area contributed by atoms with Crippen LogP contribution in [0.25, 0.3) is 22.4 Å². The molecule has 4 heterocycles. The van der Waals surface area contributed by atoms with Gasteiger partial charge in [0, 0.05) is 24.9 Å². The maximum atomic E-state index is 11.8. The van der Waals surface area contributed by atoms with Gasteiger partial charge in [-0.05, 0) is 24.6 Å². The number of nitrogens with one attached hydrogen (secondary N) is 2. The van der Waals surface area contributed by atoms with Gasteiger partial charge in [-0.15, -0.1) is 0 Å². The van der Waals surface area contributed by atoms with E-state index in [-0.39, 0.29) is 17.8 Å². The third-order valence-electron chi connectivity index (χ3n) is 4.38. The molecule has 3 aromatic heterocycles. The number of hydrogen-bond donors (Lipinski definition) is 4. The summed E-state index contributed by atoms with van der Waals surface area (Å²) >= 11 is 0. The van der Waals surface area contributed by atoms with E-state index in [1.165, 1.54) is 6.20 Å². The molecule has 0 aliphatic carbocycles. The van der Waals surface area contributed by atoms with Crippen molar-refractivity contribution in [1.29, 1.82) is 0 Å². The van der Waals surface area contributed by atoms with Crippen molar-refractivity contribution < 1.29 is 9.53 Å². The summed E-state index contributed by atoms with van der Waals surface area (Å²) in [6.07, 6.45) is 3.96. The molecular formula is C17H19N7O2. The Labute approximate surface area is 149 Å². The van der Waals surface area contributed by atoms with Gasteiger partial charge in [-0.1, -0.05) is 0 Å². The molecule has 9 heteroatoms. The summed E-state index contributed by atoms with van der Waals surface area (Å²) in [5.74, 6) is -0.118. The van der Waals surface area contributed by atoms with Gasteiger partial charge in [0.1, 0.15) is 11.5 Å². The number of primary amides is 1. The first-order valence-corrected chi connectivity index (χ1v) is 8.32. The summed E-state index contributed by atoms with van der Waals surface area (Å²) in [4.78, 5) is 28.0. The van der Waals surface area contributed by atoms with E-state index in [4.69, 9.17) is 16.2 Å². The van der Waals surface area contributed by atoms with Gasteiger partial charge in [0.15, 0.2) is 5.69 Å². The average Bonchev–Trinajstić information content (AvgIpc) is 3.07. The summed E-state index contributed by atoms with van der Waals surface area (Å²) in [7, 11) is 0. The molecule has 1 amide bonds. The number of fused-ring (bicyclic) bond motifs is 1. The number of aromatic amines is 1. The van der Waals surface area contributed by atoms with E-state index in [0.29, 0.717) is 30.4 Å². The van der Waals surface area contributed by atoms with Crippen molar-refractivity contribution in [3.05, 3.63) is 36.3 Å². The summed E-state index contributed by atoms with van der Waals surface area (Å²) in [6, 6.07) is 5.42. The molecule has 0 bridgehead atoms. The highest BCUT2D eigenvalue weighted by molar-refractivity contribution is 5.97. The highest BCUT2D eigenvalue weighted by atomic mass is 16.5. The van der Waals surface area contributed by atoms with Crippen LogP contribution < -0.4 is 16.8 Å². The maximum Gasteiger partial charge on any atom is 0.269 e. The summed E-state index contributed by atoms with van der Waals surface area (Å²) < 4.78 is 5.35. The van der Waals surface area contributed by atoms with Gasteiger partial charge >= 0.3 is 0 Å². The first kappa shape index (κ1) is 16.4. The van der Waals surface area contributed by atoms with E-state index < -0.39 is 5.91 Å². The van der Waals surface area contributed by atoms with Gasteiger partial charge in [0.2, 0.25) is 0 Å². The van der Waals surface area contributed by atoms with Crippen LogP contribution >= 0.6 is 0 Å². The Morgan fingerprint density at radius 3 is 3.04 bits per heavy atom. The quantitative estimate of drug-likeness (QED) is 0.539. The van der Waals surface area contributed by atoms with Crippen molar-refractivity contribution in [1.82, 2.24) is 19.9 Å². The van der Waals surface area contributed by atoms with Gasteiger partial charge in [-0.25, -0.2) is 9.97 Å². The molecule has 1 fully saturated rings. The van der Waals surface area contributed by atoms with E-state index >= 15 is 0 Å². The summed E-state index contributed by atoms with van der Waals surface area (Å²) in [6.45, 7) is 1.13.